The molecule has 1 aliphatic carbocycles. The number of carbonyl (C=O) groups is 2. The predicted octanol–water partition coefficient (Wildman–Crippen LogP) is 2.17. The lowest BCUT2D eigenvalue weighted by Gasteiger charge is -2.32. The first kappa shape index (κ1) is 17.3. The average molecular weight is 353 g/mol. The van der Waals surface area contributed by atoms with E-state index < -0.39 is 0 Å². The van der Waals surface area contributed by atoms with Gasteiger partial charge >= 0.3 is 0 Å². The van der Waals surface area contributed by atoms with Crippen molar-refractivity contribution in [2.75, 3.05) is 18.0 Å². The van der Waals surface area contributed by atoms with Crippen LogP contribution >= 0.6 is 0 Å². The molecule has 1 aromatic carbocycles. The van der Waals surface area contributed by atoms with Crippen LogP contribution < -0.4 is 15.5 Å². The summed E-state index contributed by atoms with van der Waals surface area (Å²) in [6.45, 7) is 1.64. The van der Waals surface area contributed by atoms with Crippen molar-refractivity contribution in [2.24, 2.45) is 5.92 Å². The van der Waals surface area contributed by atoms with E-state index in [4.69, 9.17) is 0 Å². The molecule has 0 bridgehead atoms. The van der Waals surface area contributed by atoms with Crippen LogP contribution in [0.2, 0.25) is 0 Å². The monoisotopic (exact) mass is 353 g/mol. The summed E-state index contributed by atoms with van der Waals surface area (Å²) in [7, 11) is 0. The predicted molar refractivity (Wildman–Crippen MR) is 102 cm³/mol. The largest absolute Gasteiger partial charge is 0.349 e. The molecule has 0 aromatic heterocycles. The highest BCUT2D eigenvalue weighted by atomic mass is 16.2. The summed E-state index contributed by atoms with van der Waals surface area (Å²) in [6.07, 6.45) is 10.0. The maximum absolute atomic E-state index is 12.7. The molecule has 2 unspecified atom stereocenters. The standard InChI is InChI=1S/C21H27N3O2/c25-20(24-13-11-16-6-1-2-7-19(16)24)9-8-17(14-15-4-3-5-15)23-21(26)18-10-12-22-18/h1-2,6-9,15,17-18,22H,3-5,10-14H2,(H,23,26). The van der Waals surface area contributed by atoms with Gasteiger partial charge in [0.2, 0.25) is 5.91 Å². The van der Waals surface area contributed by atoms with Gasteiger partial charge in [-0.2, -0.15) is 0 Å². The van der Waals surface area contributed by atoms with Crippen molar-refractivity contribution < 1.29 is 9.59 Å². The molecule has 2 N–H and O–H groups in total. The molecule has 26 heavy (non-hydrogen) atoms. The van der Waals surface area contributed by atoms with Gasteiger partial charge in [0.05, 0.1) is 6.04 Å². The number of benzene rings is 1. The second kappa shape index (κ2) is 7.62. The van der Waals surface area contributed by atoms with Gasteiger partial charge in [0.25, 0.3) is 5.91 Å². The second-order valence-electron chi connectivity index (χ2n) is 7.67. The van der Waals surface area contributed by atoms with Crippen molar-refractivity contribution in [3.8, 4) is 0 Å². The van der Waals surface area contributed by atoms with Gasteiger partial charge in [-0.25, -0.2) is 0 Å². The summed E-state index contributed by atoms with van der Waals surface area (Å²) in [5.41, 5.74) is 2.24. The first-order valence-electron chi connectivity index (χ1n) is 9.82. The number of carbonyl (C=O) groups excluding carboxylic acids is 2. The minimum atomic E-state index is -0.0616. The van der Waals surface area contributed by atoms with E-state index in [9.17, 15) is 9.59 Å². The van der Waals surface area contributed by atoms with Gasteiger partial charge in [0.15, 0.2) is 0 Å². The molecule has 3 aliphatic rings. The zero-order valence-electron chi connectivity index (χ0n) is 15.1. The summed E-state index contributed by atoms with van der Waals surface area (Å²) in [5.74, 6) is 0.732. The van der Waals surface area contributed by atoms with E-state index in [1.54, 1.807) is 6.08 Å². The highest BCUT2D eigenvalue weighted by Gasteiger charge is 2.28. The molecule has 2 aliphatic heterocycles. The SMILES string of the molecule is O=C(NC(C=CC(=O)N1CCc2ccccc21)CC1CCC1)C1CCN1. The first-order valence-corrected chi connectivity index (χ1v) is 9.82. The number of rotatable bonds is 6. The number of amides is 2. The van der Waals surface area contributed by atoms with E-state index in [0.717, 1.165) is 38.0 Å². The Bertz CT molecular complexity index is 707. The normalized spacial score (nSPS) is 23.2. The Kier molecular flexibility index (Phi) is 5.07. The molecule has 2 amide bonds. The molecule has 1 saturated carbocycles. The summed E-state index contributed by atoms with van der Waals surface area (Å²) in [5, 5.41) is 6.27. The van der Waals surface area contributed by atoms with Gasteiger partial charge in [0.1, 0.15) is 0 Å². The quantitative estimate of drug-likeness (QED) is 0.771. The van der Waals surface area contributed by atoms with E-state index in [-0.39, 0.29) is 23.9 Å². The zero-order chi connectivity index (χ0) is 17.9. The number of fused-ring (bicyclic) bond motifs is 1. The number of nitrogens with one attached hydrogen (secondary N) is 2. The lowest BCUT2D eigenvalue weighted by molar-refractivity contribution is -0.125. The van der Waals surface area contributed by atoms with Gasteiger partial charge in [-0.1, -0.05) is 43.5 Å². The first-order chi connectivity index (χ1) is 12.7. The highest BCUT2D eigenvalue weighted by molar-refractivity contribution is 6.03. The van der Waals surface area contributed by atoms with Crippen molar-refractivity contribution in [1.29, 1.82) is 0 Å². The molecule has 5 nitrogen and oxygen atoms in total. The number of para-hydroxylation sites is 1. The zero-order valence-corrected chi connectivity index (χ0v) is 15.1. The Labute approximate surface area is 154 Å². The van der Waals surface area contributed by atoms with Crippen LogP contribution in [0.4, 0.5) is 5.69 Å². The second-order valence-corrected chi connectivity index (χ2v) is 7.67. The topological polar surface area (TPSA) is 61.4 Å². The molecule has 2 atom stereocenters. The molecule has 0 spiro atoms. The average Bonchev–Trinajstić information content (AvgIpc) is 2.97. The fourth-order valence-electron chi connectivity index (χ4n) is 3.92. The Morgan fingerprint density at radius 2 is 2.08 bits per heavy atom. The lowest BCUT2D eigenvalue weighted by atomic mass is 9.80. The molecule has 2 fully saturated rings. The van der Waals surface area contributed by atoms with Crippen LogP contribution in [0.1, 0.15) is 37.7 Å². The van der Waals surface area contributed by atoms with E-state index in [2.05, 4.69) is 16.7 Å². The van der Waals surface area contributed by atoms with Crippen LogP contribution in [0, 0.1) is 5.92 Å². The van der Waals surface area contributed by atoms with Crippen LogP contribution in [0.15, 0.2) is 36.4 Å². The summed E-state index contributed by atoms with van der Waals surface area (Å²) >= 11 is 0. The lowest BCUT2D eigenvalue weighted by Crippen LogP contribution is -2.55. The molecular weight excluding hydrogens is 326 g/mol. The smallest absolute Gasteiger partial charge is 0.250 e. The molecule has 1 aromatic rings. The Balaban J connectivity index is 1.40. The Morgan fingerprint density at radius 3 is 2.77 bits per heavy atom. The minimum absolute atomic E-state index is 0.00424. The number of hydrogen-bond donors (Lipinski definition) is 2. The van der Waals surface area contributed by atoms with Crippen molar-refractivity contribution >= 4 is 17.5 Å². The van der Waals surface area contributed by atoms with E-state index in [0.29, 0.717) is 5.92 Å². The van der Waals surface area contributed by atoms with Gasteiger partial charge in [-0.15, -0.1) is 0 Å². The minimum Gasteiger partial charge on any atom is -0.349 e. The van der Waals surface area contributed by atoms with Gasteiger partial charge in [0, 0.05) is 24.4 Å². The third-order valence-corrected chi connectivity index (χ3v) is 5.90. The van der Waals surface area contributed by atoms with Gasteiger partial charge in [-0.05, 0) is 43.4 Å². The maximum Gasteiger partial charge on any atom is 0.250 e. The summed E-state index contributed by atoms with van der Waals surface area (Å²) in [6, 6.07) is 7.95. The Morgan fingerprint density at radius 1 is 1.27 bits per heavy atom. The van der Waals surface area contributed by atoms with Crippen LogP contribution in [0.25, 0.3) is 0 Å². The molecule has 0 radical (unpaired) electrons. The third kappa shape index (κ3) is 3.68. The van der Waals surface area contributed by atoms with E-state index in [1.165, 1.54) is 24.8 Å². The molecule has 2 heterocycles. The number of anilines is 1. The van der Waals surface area contributed by atoms with Crippen LogP contribution in [0.5, 0.6) is 0 Å². The fraction of sp³-hybridized carbons (Fsp3) is 0.524. The molecule has 138 valence electrons. The van der Waals surface area contributed by atoms with E-state index >= 15 is 0 Å². The highest BCUT2D eigenvalue weighted by Crippen LogP contribution is 2.31. The molecular formula is C21H27N3O2. The van der Waals surface area contributed by atoms with Crippen molar-refractivity contribution in [1.82, 2.24) is 10.6 Å². The third-order valence-electron chi connectivity index (χ3n) is 5.90. The van der Waals surface area contributed by atoms with Crippen molar-refractivity contribution in [3.63, 3.8) is 0 Å². The molecule has 4 rings (SSSR count). The molecule has 5 heteroatoms. The maximum atomic E-state index is 12.7. The van der Waals surface area contributed by atoms with Crippen molar-refractivity contribution in [3.05, 3.63) is 42.0 Å². The summed E-state index contributed by atoms with van der Waals surface area (Å²) in [4.78, 5) is 26.8. The van der Waals surface area contributed by atoms with Gasteiger partial charge < -0.3 is 15.5 Å². The van der Waals surface area contributed by atoms with Crippen LogP contribution in [0.3, 0.4) is 0 Å². The van der Waals surface area contributed by atoms with Crippen molar-refractivity contribution in [2.45, 2.75) is 50.6 Å². The summed E-state index contributed by atoms with van der Waals surface area (Å²) < 4.78 is 0. The Hall–Kier alpha value is -2.14. The molecule has 1 saturated heterocycles. The fourth-order valence-corrected chi connectivity index (χ4v) is 3.92. The van der Waals surface area contributed by atoms with Crippen LogP contribution in [-0.4, -0.2) is 37.0 Å². The number of nitrogens with zero attached hydrogens (tertiary/aromatic N) is 1. The van der Waals surface area contributed by atoms with Gasteiger partial charge in [-0.3, -0.25) is 9.59 Å². The number of hydrogen-bond acceptors (Lipinski definition) is 3. The van der Waals surface area contributed by atoms with E-state index in [1.807, 2.05) is 29.2 Å². The van der Waals surface area contributed by atoms with Crippen LogP contribution in [-0.2, 0) is 16.0 Å².